The Morgan fingerprint density at radius 3 is 2.45 bits per heavy atom. The smallest absolute Gasteiger partial charge is 0.299 e. The second-order valence-corrected chi connectivity index (χ2v) is 7.23. The molecule has 20 heavy (non-hydrogen) atoms. The molecule has 1 fully saturated rings. The number of benzene rings is 1. The van der Waals surface area contributed by atoms with Crippen LogP contribution in [0, 0.1) is 0 Å². The quantitative estimate of drug-likeness (QED) is 0.552. The first-order chi connectivity index (χ1) is 9.60. The van der Waals surface area contributed by atoms with Gasteiger partial charge in [0, 0.05) is 24.8 Å². The van der Waals surface area contributed by atoms with Gasteiger partial charge in [-0.2, -0.15) is 5.20 Å². The van der Waals surface area contributed by atoms with Gasteiger partial charge in [0.1, 0.15) is 0 Å². The van der Waals surface area contributed by atoms with Crippen LogP contribution in [0.3, 0.4) is 0 Å². The SMILES string of the molecule is CC(C)NP(=O)(NNc1ccccc1)N1CCOCC1. The number of hydrogen-bond donors (Lipinski definition) is 3. The summed E-state index contributed by atoms with van der Waals surface area (Å²) in [5.41, 5.74) is 3.91. The lowest BCUT2D eigenvalue weighted by Crippen LogP contribution is -2.45. The normalized spacial score (nSPS) is 19.8. The summed E-state index contributed by atoms with van der Waals surface area (Å²) in [6.07, 6.45) is 0. The zero-order valence-corrected chi connectivity index (χ0v) is 12.9. The number of hydrazine groups is 1. The first kappa shape index (κ1) is 15.5. The Hall–Kier alpha value is -0.910. The first-order valence-corrected chi connectivity index (χ1v) is 8.55. The van der Waals surface area contributed by atoms with Crippen LogP contribution in [-0.2, 0) is 9.30 Å². The summed E-state index contributed by atoms with van der Waals surface area (Å²) in [6, 6.07) is 9.77. The molecular formula is C13H23N4O2P. The van der Waals surface area contributed by atoms with Gasteiger partial charge in [-0.05, 0) is 26.0 Å². The molecule has 0 aliphatic carbocycles. The monoisotopic (exact) mass is 298 g/mol. The summed E-state index contributed by atoms with van der Waals surface area (Å²) in [5, 5.41) is 6.13. The molecule has 1 aromatic rings. The van der Waals surface area contributed by atoms with Gasteiger partial charge in [0.25, 0.3) is 7.59 Å². The van der Waals surface area contributed by atoms with E-state index in [0.29, 0.717) is 26.3 Å². The van der Waals surface area contributed by atoms with Crippen LogP contribution < -0.4 is 15.7 Å². The molecule has 3 N–H and O–H groups in total. The summed E-state index contributed by atoms with van der Waals surface area (Å²) in [5.74, 6) is 0. The Kier molecular flexibility index (Phi) is 5.57. The van der Waals surface area contributed by atoms with Crippen LogP contribution in [0.25, 0.3) is 0 Å². The number of nitrogens with zero attached hydrogens (tertiary/aromatic N) is 1. The van der Waals surface area contributed by atoms with Crippen LogP contribution in [0.2, 0.25) is 0 Å². The standard InChI is InChI=1S/C13H23N4O2P/c1-12(2)15-20(18,17-8-10-19-11-9-17)16-14-13-6-4-3-5-7-13/h3-7,12,14H,8-11H2,1-2H3,(H2,15,16,18). The summed E-state index contributed by atoms with van der Waals surface area (Å²) in [6.45, 7) is 6.49. The number of morpholine rings is 1. The molecule has 0 radical (unpaired) electrons. The highest BCUT2D eigenvalue weighted by Gasteiger charge is 2.32. The number of para-hydroxylation sites is 1. The molecule has 1 heterocycles. The van der Waals surface area contributed by atoms with Gasteiger partial charge in [-0.15, -0.1) is 0 Å². The van der Waals surface area contributed by atoms with Crippen molar-refractivity contribution >= 4 is 13.3 Å². The molecule has 1 aliphatic heterocycles. The molecule has 2 rings (SSSR count). The number of hydrogen-bond acceptors (Lipinski definition) is 3. The van der Waals surface area contributed by atoms with Crippen LogP contribution in [0.5, 0.6) is 0 Å². The maximum Gasteiger partial charge on any atom is 0.299 e. The van der Waals surface area contributed by atoms with E-state index in [4.69, 9.17) is 4.74 Å². The fourth-order valence-corrected chi connectivity index (χ4v) is 4.11. The fraction of sp³-hybridized carbons (Fsp3) is 0.538. The van der Waals surface area contributed by atoms with Crippen molar-refractivity contribution < 1.29 is 9.30 Å². The van der Waals surface area contributed by atoms with Crippen LogP contribution in [-0.4, -0.2) is 37.0 Å². The second-order valence-electron chi connectivity index (χ2n) is 5.03. The van der Waals surface area contributed by atoms with Gasteiger partial charge in [-0.25, -0.2) is 9.76 Å². The molecule has 1 atom stereocenters. The lowest BCUT2D eigenvalue weighted by Gasteiger charge is -2.35. The number of anilines is 1. The average Bonchev–Trinajstić information content (AvgIpc) is 2.47. The van der Waals surface area contributed by atoms with Gasteiger partial charge < -0.3 is 10.2 Å². The number of rotatable bonds is 6. The summed E-state index contributed by atoms with van der Waals surface area (Å²) in [7, 11) is -2.87. The van der Waals surface area contributed by atoms with E-state index in [1.54, 1.807) is 0 Å². The van der Waals surface area contributed by atoms with E-state index < -0.39 is 7.59 Å². The molecule has 1 aromatic carbocycles. The lowest BCUT2D eigenvalue weighted by atomic mass is 10.3. The fourth-order valence-electron chi connectivity index (χ4n) is 2.03. The van der Waals surface area contributed by atoms with Gasteiger partial charge >= 0.3 is 0 Å². The number of nitrogens with one attached hydrogen (secondary N) is 3. The van der Waals surface area contributed by atoms with Crippen LogP contribution >= 0.6 is 7.59 Å². The Bertz CT molecular complexity index is 449. The highest BCUT2D eigenvalue weighted by Crippen LogP contribution is 2.41. The Labute approximate surface area is 120 Å². The van der Waals surface area contributed by atoms with Crippen LogP contribution in [0.15, 0.2) is 30.3 Å². The highest BCUT2D eigenvalue weighted by atomic mass is 31.2. The van der Waals surface area contributed by atoms with E-state index >= 15 is 0 Å². The van der Waals surface area contributed by atoms with E-state index in [0.717, 1.165) is 5.69 Å². The van der Waals surface area contributed by atoms with Crippen molar-refractivity contribution in [3.63, 3.8) is 0 Å². The van der Waals surface area contributed by atoms with E-state index in [1.807, 2.05) is 48.8 Å². The predicted molar refractivity (Wildman–Crippen MR) is 81.5 cm³/mol. The molecule has 112 valence electrons. The molecule has 0 aromatic heterocycles. The van der Waals surface area contributed by atoms with Gasteiger partial charge in [-0.1, -0.05) is 18.2 Å². The van der Waals surface area contributed by atoms with Crippen LogP contribution in [0.4, 0.5) is 5.69 Å². The van der Waals surface area contributed by atoms with E-state index in [9.17, 15) is 4.57 Å². The Morgan fingerprint density at radius 2 is 1.85 bits per heavy atom. The van der Waals surface area contributed by atoms with Crippen molar-refractivity contribution in [1.82, 2.24) is 15.0 Å². The van der Waals surface area contributed by atoms with Crippen molar-refractivity contribution in [3.05, 3.63) is 30.3 Å². The van der Waals surface area contributed by atoms with Gasteiger partial charge in [0.05, 0.1) is 13.2 Å². The van der Waals surface area contributed by atoms with E-state index in [1.165, 1.54) is 0 Å². The molecule has 0 amide bonds. The molecular weight excluding hydrogens is 275 g/mol. The molecule has 1 saturated heterocycles. The third-order valence-electron chi connectivity index (χ3n) is 2.94. The van der Waals surface area contributed by atoms with Crippen LogP contribution in [0.1, 0.15) is 13.8 Å². The summed E-state index contributed by atoms with van der Waals surface area (Å²) < 4.78 is 20.4. The lowest BCUT2D eigenvalue weighted by molar-refractivity contribution is 0.0706. The molecule has 0 saturated carbocycles. The van der Waals surface area contributed by atoms with Crippen molar-refractivity contribution in [2.24, 2.45) is 0 Å². The minimum atomic E-state index is -2.87. The summed E-state index contributed by atoms with van der Waals surface area (Å²) in [4.78, 5) is 0. The van der Waals surface area contributed by atoms with E-state index in [-0.39, 0.29) is 6.04 Å². The molecule has 7 heteroatoms. The topological polar surface area (TPSA) is 65.6 Å². The third kappa shape index (κ3) is 4.30. The molecule has 0 spiro atoms. The molecule has 1 aliphatic rings. The van der Waals surface area contributed by atoms with Crippen molar-refractivity contribution in [2.45, 2.75) is 19.9 Å². The summed E-state index contributed by atoms with van der Waals surface area (Å²) >= 11 is 0. The zero-order chi connectivity index (χ0) is 14.4. The van der Waals surface area contributed by atoms with Gasteiger partial charge in [0.15, 0.2) is 0 Å². The first-order valence-electron chi connectivity index (χ1n) is 6.89. The predicted octanol–water partition coefficient (Wildman–Crippen LogP) is 2.04. The Morgan fingerprint density at radius 1 is 1.20 bits per heavy atom. The van der Waals surface area contributed by atoms with Crippen molar-refractivity contribution in [3.8, 4) is 0 Å². The minimum absolute atomic E-state index is 0.119. The maximum atomic E-state index is 13.1. The molecule has 6 nitrogen and oxygen atoms in total. The van der Waals surface area contributed by atoms with E-state index in [2.05, 4.69) is 15.7 Å². The van der Waals surface area contributed by atoms with Crippen molar-refractivity contribution in [1.29, 1.82) is 0 Å². The second kappa shape index (κ2) is 7.20. The maximum absolute atomic E-state index is 13.1. The number of ether oxygens (including phenoxy) is 1. The Balaban J connectivity index is 2.04. The van der Waals surface area contributed by atoms with Gasteiger partial charge in [0.2, 0.25) is 0 Å². The zero-order valence-electron chi connectivity index (χ0n) is 12.0. The molecule has 1 unspecified atom stereocenters. The molecule has 0 bridgehead atoms. The third-order valence-corrected chi connectivity index (χ3v) is 5.42. The minimum Gasteiger partial charge on any atom is -0.379 e. The van der Waals surface area contributed by atoms with Gasteiger partial charge in [-0.3, -0.25) is 4.57 Å². The van der Waals surface area contributed by atoms with Crippen molar-refractivity contribution in [2.75, 3.05) is 31.7 Å². The average molecular weight is 298 g/mol. The highest BCUT2D eigenvalue weighted by molar-refractivity contribution is 7.57. The largest absolute Gasteiger partial charge is 0.379 e.